The first-order valence-electron chi connectivity index (χ1n) is 8.44. The molecule has 0 aliphatic rings. The Labute approximate surface area is 161 Å². The number of aryl methyl sites for hydroxylation is 1. The molecule has 0 heterocycles. The number of benzene rings is 3. The summed E-state index contributed by atoms with van der Waals surface area (Å²) in [5.74, 6) is 0.544. The molecule has 0 amide bonds. The predicted molar refractivity (Wildman–Crippen MR) is 106 cm³/mol. The average molecular weight is 380 g/mol. The number of ether oxygens (including phenoxy) is 2. The summed E-state index contributed by atoms with van der Waals surface area (Å²) >= 11 is 0. The van der Waals surface area contributed by atoms with Crippen LogP contribution in [0.4, 0.5) is 0 Å². The van der Waals surface area contributed by atoms with Gasteiger partial charge in [-0.25, -0.2) is 4.21 Å². The van der Waals surface area contributed by atoms with Crippen LogP contribution in [0.5, 0.6) is 11.5 Å². The standard InChI is InChI=1S/C22H20O4S/c1-15-11-13-17(14-12-15)27(24)21-10-6-9-20(25-3)22(21)18-7-4-5-8-19(18)26-16(2)23/h4-14H,1-3H3/t27-/m0/s1. The van der Waals surface area contributed by atoms with Crippen LogP contribution in [-0.4, -0.2) is 17.3 Å². The topological polar surface area (TPSA) is 52.6 Å². The molecule has 0 fully saturated rings. The third kappa shape index (κ3) is 4.09. The highest BCUT2D eigenvalue weighted by Gasteiger charge is 2.21. The van der Waals surface area contributed by atoms with Crippen molar-refractivity contribution in [2.24, 2.45) is 0 Å². The van der Waals surface area contributed by atoms with Gasteiger partial charge in [-0.1, -0.05) is 42.0 Å². The Hall–Kier alpha value is -2.92. The summed E-state index contributed by atoms with van der Waals surface area (Å²) in [5.41, 5.74) is 2.40. The maximum atomic E-state index is 13.3. The fourth-order valence-corrected chi connectivity index (χ4v) is 4.04. The Morgan fingerprint density at radius 3 is 2.22 bits per heavy atom. The zero-order valence-electron chi connectivity index (χ0n) is 15.4. The van der Waals surface area contributed by atoms with Gasteiger partial charge in [0, 0.05) is 22.9 Å². The molecule has 0 unspecified atom stereocenters. The van der Waals surface area contributed by atoms with Gasteiger partial charge in [-0.3, -0.25) is 4.79 Å². The van der Waals surface area contributed by atoms with Crippen LogP contribution in [0.3, 0.4) is 0 Å². The van der Waals surface area contributed by atoms with Gasteiger partial charge in [0.15, 0.2) is 0 Å². The second-order valence-electron chi connectivity index (χ2n) is 6.00. The highest BCUT2D eigenvalue weighted by molar-refractivity contribution is 7.85. The molecule has 3 aromatic carbocycles. The third-order valence-electron chi connectivity index (χ3n) is 4.05. The van der Waals surface area contributed by atoms with E-state index in [0.29, 0.717) is 32.4 Å². The maximum absolute atomic E-state index is 13.3. The van der Waals surface area contributed by atoms with Gasteiger partial charge in [0.2, 0.25) is 0 Å². The Morgan fingerprint density at radius 2 is 1.56 bits per heavy atom. The van der Waals surface area contributed by atoms with Crippen molar-refractivity contribution in [3.8, 4) is 22.6 Å². The first kappa shape index (κ1) is 18.9. The number of methoxy groups -OCH3 is 1. The minimum atomic E-state index is -1.42. The zero-order valence-corrected chi connectivity index (χ0v) is 16.2. The number of hydrogen-bond donors (Lipinski definition) is 0. The summed E-state index contributed by atoms with van der Waals surface area (Å²) < 4.78 is 24.2. The van der Waals surface area contributed by atoms with E-state index in [-0.39, 0.29) is 0 Å². The third-order valence-corrected chi connectivity index (χ3v) is 5.49. The van der Waals surface area contributed by atoms with E-state index >= 15 is 0 Å². The van der Waals surface area contributed by atoms with Gasteiger partial charge in [0.1, 0.15) is 11.5 Å². The fourth-order valence-electron chi connectivity index (χ4n) is 2.81. The Morgan fingerprint density at radius 1 is 0.889 bits per heavy atom. The molecular formula is C22H20O4S. The van der Waals surface area contributed by atoms with Crippen LogP contribution < -0.4 is 9.47 Å². The molecule has 0 aromatic heterocycles. The Kier molecular flexibility index (Phi) is 5.72. The quantitative estimate of drug-likeness (QED) is 0.473. The molecule has 0 aliphatic heterocycles. The van der Waals surface area contributed by atoms with E-state index in [1.54, 1.807) is 37.4 Å². The molecule has 0 saturated carbocycles. The smallest absolute Gasteiger partial charge is 0.308 e. The number of carbonyl (C=O) groups is 1. The van der Waals surface area contributed by atoms with Crippen LogP contribution in [0.1, 0.15) is 12.5 Å². The van der Waals surface area contributed by atoms with Crippen molar-refractivity contribution >= 4 is 16.8 Å². The number of carbonyl (C=O) groups excluding carboxylic acids is 1. The molecule has 5 heteroatoms. The molecule has 138 valence electrons. The van der Waals surface area contributed by atoms with E-state index in [0.717, 1.165) is 5.56 Å². The number of esters is 1. The summed E-state index contributed by atoms with van der Waals surface area (Å²) in [6.45, 7) is 3.34. The zero-order chi connectivity index (χ0) is 19.4. The predicted octanol–water partition coefficient (Wildman–Crippen LogP) is 4.76. The minimum absolute atomic E-state index is 0.400. The van der Waals surface area contributed by atoms with Crippen molar-refractivity contribution in [2.45, 2.75) is 23.6 Å². The van der Waals surface area contributed by atoms with Crippen molar-refractivity contribution in [1.82, 2.24) is 0 Å². The second-order valence-corrected chi connectivity index (χ2v) is 7.45. The van der Waals surface area contributed by atoms with Crippen LogP contribution in [0.25, 0.3) is 11.1 Å². The van der Waals surface area contributed by atoms with Crippen LogP contribution in [0.2, 0.25) is 0 Å². The summed E-state index contributed by atoms with van der Waals surface area (Å²) in [4.78, 5) is 12.8. The first-order chi connectivity index (χ1) is 13.0. The van der Waals surface area contributed by atoms with Gasteiger partial charge >= 0.3 is 5.97 Å². The summed E-state index contributed by atoms with van der Waals surface area (Å²) in [5, 5.41) is 0. The Bertz CT molecular complexity index is 993. The molecular weight excluding hydrogens is 360 g/mol. The fraction of sp³-hybridized carbons (Fsp3) is 0.136. The van der Waals surface area contributed by atoms with Crippen molar-refractivity contribution in [3.63, 3.8) is 0 Å². The van der Waals surface area contributed by atoms with E-state index in [9.17, 15) is 9.00 Å². The molecule has 0 N–H and O–H groups in total. The number of rotatable bonds is 5. The van der Waals surface area contributed by atoms with Gasteiger partial charge in [0.25, 0.3) is 0 Å². The molecule has 3 rings (SSSR count). The molecule has 3 aromatic rings. The highest BCUT2D eigenvalue weighted by atomic mass is 32.2. The minimum Gasteiger partial charge on any atom is -0.496 e. The molecule has 0 bridgehead atoms. The van der Waals surface area contributed by atoms with E-state index in [1.165, 1.54) is 6.92 Å². The summed E-state index contributed by atoms with van der Waals surface area (Å²) in [6, 6.07) is 20.1. The van der Waals surface area contributed by atoms with Gasteiger partial charge in [-0.05, 0) is 37.3 Å². The monoisotopic (exact) mass is 380 g/mol. The van der Waals surface area contributed by atoms with E-state index in [1.807, 2.05) is 43.3 Å². The largest absolute Gasteiger partial charge is 0.496 e. The van der Waals surface area contributed by atoms with Crippen molar-refractivity contribution < 1.29 is 18.5 Å². The lowest BCUT2D eigenvalue weighted by atomic mass is 10.0. The van der Waals surface area contributed by atoms with Crippen molar-refractivity contribution in [1.29, 1.82) is 0 Å². The van der Waals surface area contributed by atoms with Gasteiger partial charge in [-0.2, -0.15) is 0 Å². The molecule has 1 atom stereocenters. The van der Waals surface area contributed by atoms with Crippen LogP contribution >= 0.6 is 0 Å². The normalized spacial score (nSPS) is 11.7. The molecule has 0 saturated heterocycles. The lowest BCUT2D eigenvalue weighted by Gasteiger charge is -2.16. The molecule has 4 nitrogen and oxygen atoms in total. The van der Waals surface area contributed by atoms with E-state index in [4.69, 9.17) is 9.47 Å². The molecule has 27 heavy (non-hydrogen) atoms. The number of hydrogen-bond acceptors (Lipinski definition) is 4. The van der Waals surface area contributed by atoms with Gasteiger partial charge < -0.3 is 9.47 Å². The van der Waals surface area contributed by atoms with Gasteiger partial charge in [0.05, 0.1) is 22.8 Å². The average Bonchev–Trinajstić information content (AvgIpc) is 2.67. The van der Waals surface area contributed by atoms with Crippen LogP contribution in [-0.2, 0) is 15.6 Å². The number of para-hydroxylation sites is 1. The first-order valence-corrected chi connectivity index (χ1v) is 9.59. The summed E-state index contributed by atoms with van der Waals surface area (Å²) in [7, 11) is 0.141. The maximum Gasteiger partial charge on any atom is 0.308 e. The van der Waals surface area contributed by atoms with Crippen LogP contribution in [0.15, 0.2) is 76.5 Å². The molecule has 0 aliphatic carbocycles. The van der Waals surface area contributed by atoms with E-state index < -0.39 is 16.8 Å². The van der Waals surface area contributed by atoms with Gasteiger partial charge in [-0.15, -0.1) is 0 Å². The SMILES string of the molecule is COc1cccc([S@@](=O)c2ccc(C)cc2)c1-c1ccccc1OC(C)=O. The second kappa shape index (κ2) is 8.18. The Balaban J connectivity index is 2.20. The molecule has 0 radical (unpaired) electrons. The van der Waals surface area contributed by atoms with Crippen LogP contribution in [0, 0.1) is 6.92 Å². The lowest BCUT2D eigenvalue weighted by Crippen LogP contribution is -2.04. The highest BCUT2D eigenvalue weighted by Crippen LogP contribution is 2.41. The molecule has 0 spiro atoms. The van der Waals surface area contributed by atoms with Crippen molar-refractivity contribution in [2.75, 3.05) is 7.11 Å². The van der Waals surface area contributed by atoms with E-state index in [2.05, 4.69) is 0 Å². The lowest BCUT2D eigenvalue weighted by molar-refractivity contribution is -0.131. The van der Waals surface area contributed by atoms with Crippen molar-refractivity contribution in [3.05, 3.63) is 72.3 Å². The summed E-state index contributed by atoms with van der Waals surface area (Å²) in [6.07, 6.45) is 0.